The number of rotatable bonds is 4. The molecular weight excluding hydrogens is 335 g/mol. The Kier molecular flexibility index (Phi) is 6.75. The van der Waals surface area contributed by atoms with Gasteiger partial charge < -0.3 is 10.6 Å². The first kappa shape index (κ1) is 16.4. The maximum absolute atomic E-state index is 13.4. The van der Waals surface area contributed by atoms with Crippen molar-refractivity contribution in [3.63, 3.8) is 0 Å². The summed E-state index contributed by atoms with van der Waals surface area (Å²) < 4.78 is 14.2. The van der Waals surface area contributed by atoms with Gasteiger partial charge in [-0.2, -0.15) is 0 Å². The van der Waals surface area contributed by atoms with Gasteiger partial charge in [-0.25, -0.2) is 4.39 Å². The molecular formula is C13H17BrClFN2O. The number of hydrogen-bond donors (Lipinski definition) is 2. The minimum Gasteiger partial charge on any atom is -0.324 e. The van der Waals surface area contributed by atoms with Crippen LogP contribution < -0.4 is 10.6 Å². The summed E-state index contributed by atoms with van der Waals surface area (Å²) in [4.78, 5) is 11.7. The fraction of sp³-hybridized carbons (Fsp3) is 0.462. The first-order valence-electron chi connectivity index (χ1n) is 6.13. The van der Waals surface area contributed by atoms with Crippen molar-refractivity contribution in [2.75, 3.05) is 11.9 Å². The number of halogens is 3. The van der Waals surface area contributed by atoms with Crippen molar-refractivity contribution < 1.29 is 9.18 Å². The largest absolute Gasteiger partial charge is 0.324 e. The zero-order chi connectivity index (χ0) is 13.0. The first-order chi connectivity index (χ1) is 8.65. The normalized spacial score (nSPS) is 17.9. The van der Waals surface area contributed by atoms with Gasteiger partial charge >= 0.3 is 0 Å². The Morgan fingerprint density at radius 3 is 3.00 bits per heavy atom. The van der Waals surface area contributed by atoms with E-state index in [0.29, 0.717) is 12.5 Å². The van der Waals surface area contributed by atoms with Crippen LogP contribution in [0, 0.1) is 5.82 Å². The predicted octanol–water partition coefficient (Wildman–Crippen LogP) is 3.48. The summed E-state index contributed by atoms with van der Waals surface area (Å²) in [5.41, 5.74) is 0.230. The Balaban J connectivity index is 0.00000180. The average Bonchev–Trinajstić information content (AvgIpc) is 2.84. The third kappa shape index (κ3) is 5.09. The molecule has 6 heteroatoms. The van der Waals surface area contributed by atoms with Gasteiger partial charge in [0.15, 0.2) is 0 Å². The van der Waals surface area contributed by atoms with Crippen molar-refractivity contribution in [2.24, 2.45) is 0 Å². The van der Waals surface area contributed by atoms with Crippen LogP contribution in [0.25, 0.3) is 0 Å². The maximum atomic E-state index is 13.4. The lowest BCUT2D eigenvalue weighted by Crippen LogP contribution is -2.23. The molecule has 106 valence electrons. The molecule has 0 aliphatic carbocycles. The Morgan fingerprint density at radius 2 is 2.32 bits per heavy atom. The molecule has 1 fully saturated rings. The van der Waals surface area contributed by atoms with Gasteiger partial charge in [-0.15, -0.1) is 12.4 Å². The molecule has 1 heterocycles. The lowest BCUT2D eigenvalue weighted by molar-refractivity contribution is -0.116. The van der Waals surface area contributed by atoms with Crippen LogP contribution in [0.5, 0.6) is 0 Å². The molecule has 0 spiro atoms. The van der Waals surface area contributed by atoms with E-state index in [1.807, 2.05) is 0 Å². The highest BCUT2D eigenvalue weighted by Gasteiger charge is 2.15. The number of amides is 1. The van der Waals surface area contributed by atoms with Crippen LogP contribution in [0.1, 0.15) is 25.7 Å². The van der Waals surface area contributed by atoms with E-state index in [-0.39, 0.29) is 24.0 Å². The van der Waals surface area contributed by atoms with Crippen molar-refractivity contribution in [3.8, 4) is 0 Å². The van der Waals surface area contributed by atoms with E-state index >= 15 is 0 Å². The third-order valence-corrected chi connectivity index (χ3v) is 3.58. The smallest absolute Gasteiger partial charge is 0.224 e. The van der Waals surface area contributed by atoms with Gasteiger partial charge in [0.05, 0.1) is 5.69 Å². The summed E-state index contributed by atoms with van der Waals surface area (Å²) >= 11 is 3.25. The number of benzene rings is 1. The summed E-state index contributed by atoms with van der Waals surface area (Å²) in [6.45, 7) is 1.03. The topological polar surface area (TPSA) is 41.1 Å². The summed E-state index contributed by atoms with van der Waals surface area (Å²) in [5.74, 6) is -0.550. The van der Waals surface area contributed by atoms with Crippen LogP contribution in [-0.2, 0) is 4.79 Å². The van der Waals surface area contributed by atoms with Crippen LogP contribution >= 0.6 is 28.3 Å². The lowest BCUT2D eigenvalue weighted by atomic mass is 10.1. The van der Waals surface area contributed by atoms with Crippen LogP contribution in [0.15, 0.2) is 22.7 Å². The van der Waals surface area contributed by atoms with Gasteiger partial charge in [0.1, 0.15) is 5.82 Å². The molecule has 1 atom stereocenters. The number of carbonyl (C=O) groups excluding carboxylic acids is 1. The monoisotopic (exact) mass is 350 g/mol. The fourth-order valence-corrected chi connectivity index (χ4v) is 2.48. The SMILES string of the molecule is Cl.O=C(CCC1CCCN1)Nc1cc(Br)ccc1F. The van der Waals surface area contributed by atoms with Crippen molar-refractivity contribution in [3.05, 3.63) is 28.5 Å². The molecule has 3 nitrogen and oxygen atoms in total. The molecule has 1 aliphatic rings. The van der Waals surface area contributed by atoms with Gasteiger partial charge in [0, 0.05) is 16.9 Å². The van der Waals surface area contributed by atoms with E-state index in [9.17, 15) is 9.18 Å². The van der Waals surface area contributed by atoms with Crippen LogP contribution in [0.4, 0.5) is 10.1 Å². The Morgan fingerprint density at radius 1 is 1.53 bits per heavy atom. The second-order valence-corrected chi connectivity index (χ2v) is 5.42. The molecule has 0 aromatic heterocycles. The quantitative estimate of drug-likeness (QED) is 0.872. The zero-order valence-electron chi connectivity index (χ0n) is 10.4. The number of nitrogens with one attached hydrogen (secondary N) is 2. The number of carbonyl (C=O) groups is 1. The van der Waals surface area contributed by atoms with E-state index in [0.717, 1.165) is 23.9 Å². The minimum atomic E-state index is -0.412. The molecule has 19 heavy (non-hydrogen) atoms. The number of anilines is 1. The van der Waals surface area contributed by atoms with Crippen molar-refractivity contribution in [2.45, 2.75) is 31.7 Å². The summed E-state index contributed by atoms with van der Waals surface area (Å²) in [6.07, 6.45) is 3.52. The van der Waals surface area contributed by atoms with Crippen molar-refractivity contribution in [1.82, 2.24) is 5.32 Å². The highest BCUT2D eigenvalue weighted by Crippen LogP contribution is 2.20. The Labute approximate surface area is 126 Å². The van der Waals surface area contributed by atoms with Crippen LogP contribution in [0.2, 0.25) is 0 Å². The molecule has 0 saturated carbocycles. The molecule has 0 bridgehead atoms. The van der Waals surface area contributed by atoms with E-state index < -0.39 is 5.82 Å². The van der Waals surface area contributed by atoms with Gasteiger partial charge in [0.2, 0.25) is 5.91 Å². The summed E-state index contributed by atoms with van der Waals surface area (Å²) in [5, 5.41) is 5.94. The summed E-state index contributed by atoms with van der Waals surface area (Å²) in [7, 11) is 0. The molecule has 1 unspecified atom stereocenters. The van der Waals surface area contributed by atoms with E-state index in [2.05, 4.69) is 26.6 Å². The summed E-state index contributed by atoms with van der Waals surface area (Å²) in [6, 6.07) is 4.94. The van der Waals surface area contributed by atoms with Crippen molar-refractivity contribution in [1.29, 1.82) is 0 Å². The molecule has 0 radical (unpaired) electrons. The van der Waals surface area contributed by atoms with Crippen LogP contribution in [-0.4, -0.2) is 18.5 Å². The Hall–Kier alpha value is -0.650. The fourth-order valence-electron chi connectivity index (χ4n) is 2.11. The molecule has 2 rings (SSSR count). The van der Waals surface area contributed by atoms with Gasteiger partial charge in [-0.1, -0.05) is 15.9 Å². The zero-order valence-corrected chi connectivity index (χ0v) is 12.8. The molecule has 1 aliphatic heterocycles. The van der Waals surface area contributed by atoms with Gasteiger partial charge in [-0.3, -0.25) is 4.79 Å². The van der Waals surface area contributed by atoms with Crippen molar-refractivity contribution >= 4 is 39.9 Å². The maximum Gasteiger partial charge on any atom is 0.224 e. The molecule has 1 aromatic rings. The predicted molar refractivity (Wildman–Crippen MR) is 80.2 cm³/mol. The van der Waals surface area contributed by atoms with E-state index in [4.69, 9.17) is 0 Å². The Bertz CT molecular complexity index is 439. The van der Waals surface area contributed by atoms with Gasteiger partial charge in [0.25, 0.3) is 0 Å². The standard InChI is InChI=1S/C13H16BrFN2O.ClH/c14-9-3-5-11(15)12(8-9)17-13(18)6-4-10-2-1-7-16-10;/h3,5,8,10,16H,1-2,4,6-7H2,(H,17,18);1H. The highest BCUT2D eigenvalue weighted by atomic mass is 79.9. The van der Waals surface area contributed by atoms with Crippen LogP contribution in [0.3, 0.4) is 0 Å². The molecule has 1 aromatic carbocycles. The highest BCUT2D eigenvalue weighted by molar-refractivity contribution is 9.10. The molecule has 1 amide bonds. The third-order valence-electron chi connectivity index (χ3n) is 3.08. The average molecular weight is 352 g/mol. The van der Waals surface area contributed by atoms with E-state index in [1.54, 1.807) is 12.1 Å². The molecule has 1 saturated heterocycles. The van der Waals surface area contributed by atoms with E-state index in [1.165, 1.54) is 12.5 Å². The second-order valence-electron chi connectivity index (χ2n) is 4.50. The first-order valence-corrected chi connectivity index (χ1v) is 6.93. The van der Waals surface area contributed by atoms with Gasteiger partial charge in [-0.05, 0) is 44.0 Å². The number of hydrogen-bond acceptors (Lipinski definition) is 2. The molecule has 2 N–H and O–H groups in total. The lowest BCUT2D eigenvalue weighted by Gasteiger charge is -2.10. The minimum absolute atomic E-state index is 0. The second kappa shape index (κ2) is 7.82.